The SMILES string of the molecule is CCC(C)CCCCCCCCCCCCC(=O)O[C@H](COC(=O)CCCCCCCCC(C)CC)COP(=O)(O)OC[C@H](O)COP(=O)(O)OC[C@@H](COC(=O)CCCCCCCCCCCCC(C)C)OC(=O)CCCCCCCCCCCCCCCCCC(C)C. The van der Waals surface area contributed by atoms with Crippen LogP contribution in [0.1, 0.15) is 383 Å². The summed E-state index contributed by atoms with van der Waals surface area (Å²) in [7, 11) is -9.91. The lowest BCUT2D eigenvalue weighted by atomic mass is 9.99. The number of esters is 4. The van der Waals surface area contributed by atoms with Gasteiger partial charge in [-0.05, 0) is 49.4 Å². The monoisotopic (exact) mass is 1400 g/mol. The number of aliphatic hydroxyl groups is 1. The molecule has 0 fully saturated rings. The Bertz CT molecular complexity index is 1870. The van der Waals surface area contributed by atoms with Crippen LogP contribution >= 0.6 is 15.6 Å². The Morgan fingerprint density at radius 1 is 0.295 bits per heavy atom. The number of carbonyl (C=O) groups excluding carboxylic acids is 4. The Labute approximate surface area is 581 Å². The normalized spacial score (nSPS) is 14.7. The van der Waals surface area contributed by atoms with Crippen molar-refractivity contribution in [3.63, 3.8) is 0 Å². The summed E-state index contributed by atoms with van der Waals surface area (Å²) in [6.07, 6.45) is 49.9. The molecule has 564 valence electrons. The molecule has 0 rings (SSSR count). The van der Waals surface area contributed by atoms with Crippen LogP contribution in [0.15, 0.2) is 0 Å². The second kappa shape index (κ2) is 65.4. The Morgan fingerprint density at radius 2 is 0.505 bits per heavy atom. The first kappa shape index (κ1) is 93.1. The highest BCUT2D eigenvalue weighted by Crippen LogP contribution is 2.45. The molecule has 0 amide bonds. The van der Waals surface area contributed by atoms with Gasteiger partial charge < -0.3 is 33.8 Å². The van der Waals surface area contributed by atoms with Crippen LogP contribution in [0.5, 0.6) is 0 Å². The van der Waals surface area contributed by atoms with Gasteiger partial charge in [-0.2, -0.15) is 0 Å². The first-order valence-corrected chi connectivity index (χ1v) is 42.3. The van der Waals surface area contributed by atoms with E-state index in [4.69, 9.17) is 37.0 Å². The zero-order valence-corrected chi connectivity index (χ0v) is 64.1. The largest absolute Gasteiger partial charge is 0.472 e. The van der Waals surface area contributed by atoms with Gasteiger partial charge in [-0.25, -0.2) is 9.13 Å². The van der Waals surface area contributed by atoms with E-state index in [9.17, 15) is 43.2 Å². The molecule has 0 bridgehead atoms. The summed E-state index contributed by atoms with van der Waals surface area (Å²) in [5, 5.41) is 10.6. The first-order chi connectivity index (χ1) is 45.7. The highest BCUT2D eigenvalue weighted by molar-refractivity contribution is 7.47. The Hall–Kier alpha value is -1.94. The first-order valence-electron chi connectivity index (χ1n) is 39.3. The Morgan fingerprint density at radius 3 is 0.747 bits per heavy atom. The zero-order chi connectivity index (χ0) is 70.3. The summed E-state index contributed by atoms with van der Waals surface area (Å²) in [6.45, 7) is 14.2. The van der Waals surface area contributed by atoms with Crippen molar-refractivity contribution in [2.24, 2.45) is 23.7 Å². The van der Waals surface area contributed by atoms with Crippen molar-refractivity contribution in [2.45, 2.75) is 401 Å². The minimum Gasteiger partial charge on any atom is -0.462 e. The van der Waals surface area contributed by atoms with Crippen LogP contribution in [-0.2, 0) is 65.4 Å². The number of phosphoric ester groups is 2. The van der Waals surface area contributed by atoms with Crippen molar-refractivity contribution in [3.8, 4) is 0 Å². The van der Waals surface area contributed by atoms with Gasteiger partial charge in [0.2, 0.25) is 0 Å². The zero-order valence-electron chi connectivity index (χ0n) is 62.3. The average molecular weight is 1400 g/mol. The number of rotatable bonds is 73. The number of hydrogen-bond acceptors (Lipinski definition) is 15. The highest BCUT2D eigenvalue weighted by Gasteiger charge is 2.30. The molecule has 0 aliphatic heterocycles. The van der Waals surface area contributed by atoms with Crippen LogP contribution in [0.4, 0.5) is 0 Å². The highest BCUT2D eigenvalue weighted by atomic mass is 31.2. The van der Waals surface area contributed by atoms with Crippen molar-refractivity contribution >= 4 is 39.5 Å². The van der Waals surface area contributed by atoms with Crippen LogP contribution < -0.4 is 0 Å². The summed E-state index contributed by atoms with van der Waals surface area (Å²) >= 11 is 0. The minimum atomic E-state index is -4.96. The summed E-state index contributed by atoms with van der Waals surface area (Å²) < 4.78 is 68.5. The van der Waals surface area contributed by atoms with Gasteiger partial charge >= 0.3 is 39.5 Å². The van der Waals surface area contributed by atoms with Gasteiger partial charge in [-0.15, -0.1) is 0 Å². The van der Waals surface area contributed by atoms with Gasteiger partial charge in [0.1, 0.15) is 19.3 Å². The van der Waals surface area contributed by atoms with Gasteiger partial charge in [0, 0.05) is 25.7 Å². The fraction of sp³-hybridized carbons (Fsp3) is 0.947. The third-order valence-corrected chi connectivity index (χ3v) is 20.2. The van der Waals surface area contributed by atoms with E-state index in [2.05, 4.69) is 55.4 Å². The molecule has 4 unspecified atom stereocenters. The summed E-state index contributed by atoms with van der Waals surface area (Å²) in [5.41, 5.74) is 0. The van der Waals surface area contributed by atoms with E-state index in [1.807, 2.05) is 0 Å². The van der Waals surface area contributed by atoms with E-state index >= 15 is 0 Å². The van der Waals surface area contributed by atoms with Crippen LogP contribution in [0, 0.1) is 23.7 Å². The molecule has 0 aliphatic rings. The number of ether oxygens (including phenoxy) is 4. The van der Waals surface area contributed by atoms with Crippen LogP contribution in [0.25, 0.3) is 0 Å². The van der Waals surface area contributed by atoms with E-state index in [1.165, 1.54) is 180 Å². The smallest absolute Gasteiger partial charge is 0.462 e. The molecule has 0 aliphatic carbocycles. The standard InChI is InChI=1S/C76H148O17P2/c1-9-68(7)54-46-38-30-24-19-21-27-33-43-51-59-76(81)93-72(63-87-74(79)57-49-41-35-34-39-47-55-69(8)10-2)65-91-95(84,85)89-61-70(77)60-88-94(82,83)90-64-71(62-86-73(78)56-48-40-31-25-20-18-23-29-37-45-53-67(5)6)92-75(80)58-50-42-32-26-17-15-13-11-12-14-16-22-28-36-44-52-66(3)4/h66-72,77H,9-65H2,1-8H3,(H,82,83)(H,84,85)/t68?,69?,70-,71-,72-/m1/s1. The number of unbranched alkanes of at least 4 members (excludes halogenated alkanes) is 37. The maximum atomic E-state index is 13.1. The molecular formula is C76H148O17P2. The average Bonchev–Trinajstić information content (AvgIpc) is 1.47. The summed E-state index contributed by atoms with van der Waals surface area (Å²) in [4.78, 5) is 72.8. The molecule has 17 nitrogen and oxygen atoms in total. The van der Waals surface area contributed by atoms with Gasteiger partial charge in [-0.1, -0.05) is 331 Å². The van der Waals surface area contributed by atoms with Crippen molar-refractivity contribution in [1.29, 1.82) is 0 Å². The number of phosphoric acid groups is 2. The van der Waals surface area contributed by atoms with Crippen LogP contribution in [0.2, 0.25) is 0 Å². The molecule has 95 heavy (non-hydrogen) atoms. The molecule has 3 N–H and O–H groups in total. The molecule has 0 heterocycles. The quantitative estimate of drug-likeness (QED) is 0.0222. The molecule has 0 saturated carbocycles. The van der Waals surface area contributed by atoms with E-state index in [-0.39, 0.29) is 25.7 Å². The lowest BCUT2D eigenvalue weighted by molar-refractivity contribution is -0.161. The molecule has 0 aromatic heterocycles. The predicted molar refractivity (Wildman–Crippen MR) is 386 cm³/mol. The maximum absolute atomic E-state index is 13.1. The summed E-state index contributed by atoms with van der Waals surface area (Å²) in [6, 6.07) is 0. The fourth-order valence-corrected chi connectivity index (χ4v) is 13.1. The van der Waals surface area contributed by atoms with Crippen molar-refractivity contribution < 1.29 is 80.2 Å². The van der Waals surface area contributed by atoms with E-state index < -0.39 is 97.5 Å². The van der Waals surface area contributed by atoms with E-state index in [1.54, 1.807) is 0 Å². The number of aliphatic hydroxyl groups excluding tert-OH is 1. The van der Waals surface area contributed by atoms with Crippen LogP contribution in [0.3, 0.4) is 0 Å². The Balaban J connectivity index is 5.26. The molecule has 19 heteroatoms. The molecule has 0 aromatic carbocycles. The lowest BCUT2D eigenvalue weighted by Crippen LogP contribution is -2.30. The van der Waals surface area contributed by atoms with Crippen molar-refractivity contribution in [2.75, 3.05) is 39.6 Å². The van der Waals surface area contributed by atoms with Gasteiger partial charge in [0.05, 0.1) is 26.4 Å². The van der Waals surface area contributed by atoms with Crippen molar-refractivity contribution in [1.82, 2.24) is 0 Å². The van der Waals surface area contributed by atoms with Gasteiger partial charge in [-0.3, -0.25) is 37.3 Å². The summed E-state index contributed by atoms with van der Waals surface area (Å²) in [5.74, 6) is 0.973. The maximum Gasteiger partial charge on any atom is 0.472 e. The number of hydrogen-bond donors (Lipinski definition) is 3. The fourth-order valence-electron chi connectivity index (χ4n) is 11.5. The molecular weight excluding hydrogens is 1250 g/mol. The third-order valence-electron chi connectivity index (χ3n) is 18.3. The predicted octanol–water partition coefficient (Wildman–Crippen LogP) is 22.0. The second-order valence-electron chi connectivity index (χ2n) is 28.8. The molecule has 0 saturated heterocycles. The van der Waals surface area contributed by atoms with Gasteiger partial charge in [0.25, 0.3) is 0 Å². The lowest BCUT2D eigenvalue weighted by Gasteiger charge is -2.21. The van der Waals surface area contributed by atoms with Crippen LogP contribution in [-0.4, -0.2) is 96.7 Å². The minimum absolute atomic E-state index is 0.105. The molecule has 0 aromatic rings. The van der Waals surface area contributed by atoms with Crippen molar-refractivity contribution in [3.05, 3.63) is 0 Å². The Kier molecular flexibility index (Phi) is 64.0. The van der Waals surface area contributed by atoms with Gasteiger partial charge in [0.15, 0.2) is 12.2 Å². The second-order valence-corrected chi connectivity index (χ2v) is 31.7. The van der Waals surface area contributed by atoms with E-state index in [0.29, 0.717) is 25.7 Å². The van der Waals surface area contributed by atoms with E-state index in [0.717, 1.165) is 120 Å². The number of carbonyl (C=O) groups is 4. The molecule has 0 radical (unpaired) electrons. The topological polar surface area (TPSA) is 237 Å². The molecule has 0 spiro atoms. The third kappa shape index (κ3) is 67.6. The molecule has 7 atom stereocenters.